The molecule has 1 aliphatic heterocycles. The molecule has 2 aromatic carbocycles. The van der Waals surface area contributed by atoms with Crippen molar-refractivity contribution >= 4 is 22.9 Å². The van der Waals surface area contributed by atoms with Crippen LogP contribution in [0.5, 0.6) is 11.5 Å². The van der Waals surface area contributed by atoms with Crippen molar-refractivity contribution in [1.82, 2.24) is 24.6 Å². The van der Waals surface area contributed by atoms with Gasteiger partial charge in [-0.15, -0.1) is 0 Å². The summed E-state index contributed by atoms with van der Waals surface area (Å²) in [7, 11) is 0. The van der Waals surface area contributed by atoms with Gasteiger partial charge in [0.05, 0.1) is 11.4 Å². The van der Waals surface area contributed by atoms with Crippen molar-refractivity contribution in [2.24, 2.45) is 0 Å². The molecule has 1 atom stereocenters. The van der Waals surface area contributed by atoms with Gasteiger partial charge in [0, 0.05) is 24.8 Å². The topological polar surface area (TPSA) is 99.2 Å². The number of piperidine rings is 1. The monoisotopic (exact) mass is 440 g/mol. The van der Waals surface area contributed by atoms with Crippen molar-refractivity contribution in [3.63, 3.8) is 0 Å². The van der Waals surface area contributed by atoms with E-state index in [0.717, 1.165) is 41.0 Å². The van der Waals surface area contributed by atoms with E-state index in [2.05, 4.69) is 16.5 Å². The fourth-order valence-electron chi connectivity index (χ4n) is 4.19. The maximum Gasteiger partial charge on any atom is 0.246 e. The zero-order chi connectivity index (χ0) is 22.8. The Morgan fingerprint density at radius 1 is 1.12 bits per heavy atom. The van der Waals surface area contributed by atoms with Gasteiger partial charge in [-0.25, -0.2) is 9.67 Å². The number of carbonyl (C=O) groups is 1. The van der Waals surface area contributed by atoms with Gasteiger partial charge < -0.3 is 15.4 Å². The largest absolute Gasteiger partial charge is 0.457 e. The maximum absolute atomic E-state index is 12.2. The highest BCUT2D eigenvalue weighted by Crippen LogP contribution is 2.33. The van der Waals surface area contributed by atoms with Gasteiger partial charge in [-0.3, -0.25) is 4.79 Å². The zero-order valence-corrected chi connectivity index (χ0v) is 18.1. The molecule has 1 fully saturated rings. The number of para-hydroxylation sites is 1. The van der Waals surface area contributed by atoms with Crippen LogP contribution in [0, 0.1) is 0 Å². The summed E-state index contributed by atoms with van der Waals surface area (Å²) in [5.41, 5.74) is 8.26. The lowest BCUT2D eigenvalue weighted by molar-refractivity contribution is -0.127. The van der Waals surface area contributed by atoms with Crippen molar-refractivity contribution in [2.75, 3.05) is 18.8 Å². The molecule has 4 aromatic rings. The normalized spacial score (nSPS) is 16.0. The summed E-state index contributed by atoms with van der Waals surface area (Å²) in [6, 6.07) is 17.4. The van der Waals surface area contributed by atoms with Crippen LogP contribution in [-0.2, 0) is 4.79 Å². The molecule has 1 aliphatic rings. The predicted molar refractivity (Wildman–Crippen MR) is 127 cm³/mol. The SMILES string of the molecule is C=CC(=O)N1CCC[C@@H](n2nc(-c3ccc(Oc4ccccc4)cc3)c3cnc(N)nc32)C1. The Labute approximate surface area is 191 Å². The zero-order valence-electron chi connectivity index (χ0n) is 18.1. The fraction of sp³-hybridized carbons (Fsp3) is 0.200. The minimum atomic E-state index is -0.0699. The average molecular weight is 441 g/mol. The number of hydrogen-bond donors (Lipinski definition) is 1. The molecule has 0 bridgehead atoms. The van der Waals surface area contributed by atoms with Gasteiger partial charge in [0.2, 0.25) is 11.9 Å². The van der Waals surface area contributed by atoms with E-state index >= 15 is 0 Å². The minimum absolute atomic E-state index is 0.00566. The average Bonchev–Trinajstić information content (AvgIpc) is 3.23. The quantitative estimate of drug-likeness (QED) is 0.467. The van der Waals surface area contributed by atoms with E-state index in [1.165, 1.54) is 6.08 Å². The van der Waals surface area contributed by atoms with E-state index in [1.807, 2.05) is 59.3 Å². The molecule has 0 spiro atoms. The van der Waals surface area contributed by atoms with Gasteiger partial charge in [0.1, 0.15) is 17.2 Å². The number of carbonyl (C=O) groups excluding carboxylic acids is 1. The molecular weight excluding hydrogens is 416 g/mol. The fourth-order valence-corrected chi connectivity index (χ4v) is 4.19. The van der Waals surface area contributed by atoms with Gasteiger partial charge >= 0.3 is 0 Å². The number of amides is 1. The van der Waals surface area contributed by atoms with Gasteiger partial charge in [0.15, 0.2) is 5.65 Å². The second-order valence-corrected chi connectivity index (χ2v) is 7.98. The molecular formula is C25H24N6O2. The summed E-state index contributed by atoms with van der Waals surface area (Å²) in [6.07, 6.45) is 4.84. The molecule has 0 saturated carbocycles. The van der Waals surface area contributed by atoms with Gasteiger partial charge in [0.25, 0.3) is 0 Å². The second kappa shape index (κ2) is 8.74. The number of nitrogen functional groups attached to an aromatic ring is 1. The van der Waals surface area contributed by atoms with Gasteiger partial charge in [-0.05, 0) is 55.3 Å². The van der Waals surface area contributed by atoms with E-state index < -0.39 is 0 Å². The number of nitrogens with zero attached hydrogens (tertiary/aromatic N) is 5. The smallest absolute Gasteiger partial charge is 0.246 e. The predicted octanol–water partition coefficient (Wildman–Crippen LogP) is 4.22. The molecule has 166 valence electrons. The third kappa shape index (κ3) is 4.15. The van der Waals surface area contributed by atoms with Crippen LogP contribution in [-0.4, -0.2) is 43.6 Å². The first kappa shape index (κ1) is 20.7. The van der Waals surface area contributed by atoms with E-state index in [9.17, 15) is 4.79 Å². The molecule has 0 radical (unpaired) electrons. The first-order valence-electron chi connectivity index (χ1n) is 10.9. The van der Waals surface area contributed by atoms with E-state index in [4.69, 9.17) is 15.6 Å². The van der Waals surface area contributed by atoms with Crippen molar-refractivity contribution in [3.8, 4) is 22.8 Å². The molecule has 1 saturated heterocycles. The number of benzene rings is 2. The number of nitrogens with two attached hydrogens (primary N) is 1. The first-order chi connectivity index (χ1) is 16.1. The van der Waals surface area contributed by atoms with Crippen LogP contribution in [0.2, 0.25) is 0 Å². The Bertz CT molecular complexity index is 1300. The first-order valence-corrected chi connectivity index (χ1v) is 10.9. The highest BCUT2D eigenvalue weighted by atomic mass is 16.5. The summed E-state index contributed by atoms with van der Waals surface area (Å²) in [5, 5.41) is 5.72. The summed E-state index contributed by atoms with van der Waals surface area (Å²) < 4.78 is 7.79. The number of anilines is 1. The maximum atomic E-state index is 12.2. The Morgan fingerprint density at radius 2 is 1.88 bits per heavy atom. The van der Waals surface area contributed by atoms with E-state index in [0.29, 0.717) is 18.7 Å². The Hall–Kier alpha value is -4.20. The summed E-state index contributed by atoms with van der Waals surface area (Å²) in [5.74, 6) is 1.64. The lowest BCUT2D eigenvalue weighted by Crippen LogP contribution is -2.40. The molecule has 8 heteroatoms. The lowest BCUT2D eigenvalue weighted by Gasteiger charge is -2.32. The number of ether oxygens (including phenoxy) is 1. The van der Waals surface area contributed by atoms with Gasteiger partial charge in [-0.2, -0.15) is 10.1 Å². The molecule has 33 heavy (non-hydrogen) atoms. The van der Waals surface area contributed by atoms with Crippen LogP contribution in [0.15, 0.2) is 73.4 Å². The van der Waals surface area contributed by atoms with Crippen LogP contribution in [0.4, 0.5) is 5.95 Å². The Kier molecular flexibility index (Phi) is 5.48. The van der Waals surface area contributed by atoms with Crippen LogP contribution < -0.4 is 10.5 Å². The minimum Gasteiger partial charge on any atom is -0.457 e. The molecule has 2 aromatic heterocycles. The molecule has 0 unspecified atom stereocenters. The number of hydrogen-bond acceptors (Lipinski definition) is 6. The summed E-state index contributed by atoms with van der Waals surface area (Å²) in [6.45, 7) is 4.88. The molecule has 1 amide bonds. The number of aromatic nitrogens is 4. The van der Waals surface area contributed by atoms with Crippen LogP contribution in [0.25, 0.3) is 22.3 Å². The van der Waals surface area contributed by atoms with Crippen molar-refractivity contribution in [3.05, 3.63) is 73.4 Å². The number of rotatable bonds is 5. The van der Waals surface area contributed by atoms with E-state index in [1.54, 1.807) is 11.1 Å². The molecule has 2 N–H and O–H groups in total. The molecule has 5 rings (SSSR count). The van der Waals surface area contributed by atoms with Crippen LogP contribution >= 0.6 is 0 Å². The Balaban J connectivity index is 1.49. The molecule has 3 heterocycles. The highest BCUT2D eigenvalue weighted by Gasteiger charge is 2.27. The third-order valence-electron chi connectivity index (χ3n) is 5.80. The van der Waals surface area contributed by atoms with Crippen molar-refractivity contribution in [1.29, 1.82) is 0 Å². The highest BCUT2D eigenvalue weighted by molar-refractivity contribution is 5.91. The van der Waals surface area contributed by atoms with Crippen molar-refractivity contribution < 1.29 is 9.53 Å². The Morgan fingerprint density at radius 3 is 2.64 bits per heavy atom. The van der Waals surface area contributed by atoms with Crippen LogP contribution in [0.3, 0.4) is 0 Å². The lowest BCUT2D eigenvalue weighted by atomic mass is 10.1. The molecule has 0 aliphatic carbocycles. The summed E-state index contributed by atoms with van der Waals surface area (Å²) >= 11 is 0. The second-order valence-electron chi connectivity index (χ2n) is 7.98. The number of fused-ring (bicyclic) bond motifs is 1. The summed E-state index contributed by atoms with van der Waals surface area (Å²) in [4.78, 5) is 22.6. The van der Waals surface area contributed by atoms with Gasteiger partial charge in [-0.1, -0.05) is 24.8 Å². The molecule has 8 nitrogen and oxygen atoms in total. The third-order valence-corrected chi connectivity index (χ3v) is 5.80. The van der Waals surface area contributed by atoms with Crippen LogP contribution in [0.1, 0.15) is 18.9 Å². The number of likely N-dealkylation sites (tertiary alicyclic amines) is 1. The van der Waals surface area contributed by atoms with E-state index in [-0.39, 0.29) is 17.9 Å². The van der Waals surface area contributed by atoms with Crippen molar-refractivity contribution in [2.45, 2.75) is 18.9 Å². The standard InChI is InChI=1S/C25H24N6O2/c1-2-22(32)30-14-6-7-18(16-30)31-24-21(15-27-25(26)28-24)23(29-31)17-10-12-20(13-11-17)33-19-8-4-3-5-9-19/h2-5,8-13,15,18H,1,6-7,14,16H2,(H2,26,27,28)/t18-/m1/s1.